The SMILES string of the molecule is CCCCC1CCC(C(=O)Nc2sc(CC)cc2C(=O)O)CC1. The van der Waals surface area contributed by atoms with Gasteiger partial charge in [-0.2, -0.15) is 0 Å². The molecule has 0 unspecified atom stereocenters. The summed E-state index contributed by atoms with van der Waals surface area (Å²) in [5.41, 5.74) is 0.219. The van der Waals surface area contributed by atoms with Crippen LogP contribution in [0.15, 0.2) is 6.07 Å². The molecule has 1 amide bonds. The van der Waals surface area contributed by atoms with Gasteiger partial charge in [0.05, 0.1) is 5.56 Å². The number of anilines is 1. The van der Waals surface area contributed by atoms with Gasteiger partial charge in [-0.3, -0.25) is 4.79 Å². The van der Waals surface area contributed by atoms with E-state index in [2.05, 4.69) is 12.2 Å². The van der Waals surface area contributed by atoms with Crippen LogP contribution in [0.3, 0.4) is 0 Å². The van der Waals surface area contributed by atoms with Crippen molar-refractivity contribution in [2.75, 3.05) is 5.32 Å². The van der Waals surface area contributed by atoms with E-state index >= 15 is 0 Å². The summed E-state index contributed by atoms with van der Waals surface area (Å²) in [5.74, 6) is -0.186. The summed E-state index contributed by atoms with van der Waals surface area (Å²) in [6.07, 6.45) is 8.66. The van der Waals surface area contributed by atoms with Gasteiger partial charge >= 0.3 is 5.97 Å². The molecule has 1 aliphatic rings. The van der Waals surface area contributed by atoms with E-state index in [1.807, 2.05) is 6.92 Å². The summed E-state index contributed by atoms with van der Waals surface area (Å²) in [6, 6.07) is 1.67. The van der Waals surface area contributed by atoms with Gasteiger partial charge in [-0.1, -0.05) is 33.1 Å². The lowest BCUT2D eigenvalue weighted by molar-refractivity contribution is -0.121. The summed E-state index contributed by atoms with van der Waals surface area (Å²) >= 11 is 1.38. The van der Waals surface area contributed by atoms with Crippen LogP contribution in [0.1, 0.15) is 74.0 Å². The normalized spacial score (nSPS) is 21.1. The average Bonchev–Trinajstić information content (AvgIpc) is 2.96. The van der Waals surface area contributed by atoms with E-state index in [9.17, 15) is 14.7 Å². The van der Waals surface area contributed by atoms with Crippen molar-refractivity contribution in [3.05, 3.63) is 16.5 Å². The zero-order chi connectivity index (χ0) is 16.8. The van der Waals surface area contributed by atoms with Gasteiger partial charge in [0.15, 0.2) is 0 Å². The third-order valence-corrected chi connectivity index (χ3v) is 5.98. The first-order chi connectivity index (χ1) is 11.0. The maximum Gasteiger partial charge on any atom is 0.338 e. The average molecular weight is 337 g/mol. The second-order valence-electron chi connectivity index (χ2n) is 6.46. The van der Waals surface area contributed by atoms with Gasteiger partial charge in [-0.25, -0.2) is 4.79 Å². The number of thiophene rings is 1. The van der Waals surface area contributed by atoms with Crippen molar-refractivity contribution in [2.24, 2.45) is 11.8 Å². The molecule has 0 saturated heterocycles. The number of carbonyl (C=O) groups is 2. The van der Waals surface area contributed by atoms with Gasteiger partial charge in [-0.05, 0) is 44.1 Å². The van der Waals surface area contributed by atoms with Crippen molar-refractivity contribution in [3.8, 4) is 0 Å². The lowest BCUT2D eigenvalue weighted by atomic mass is 9.79. The van der Waals surface area contributed by atoms with Crippen LogP contribution in [-0.4, -0.2) is 17.0 Å². The molecule has 1 aliphatic carbocycles. The Balaban J connectivity index is 1.93. The Morgan fingerprint density at radius 2 is 1.96 bits per heavy atom. The molecular formula is C18H27NO3S. The Morgan fingerprint density at radius 3 is 2.52 bits per heavy atom. The number of unbranched alkanes of at least 4 members (excludes halogenated alkanes) is 1. The smallest absolute Gasteiger partial charge is 0.338 e. The van der Waals surface area contributed by atoms with Crippen LogP contribution in [0.5, 0.6) is 0 Å². The highest BCUT2D eigenvalue weighted by molar-refractivity contribution is 7.16. The maximum atomic E-state index is 12.5. The second kappa shape index (κ2) is 8.48. The quantitative estimate of drug-likeness (QED) is 0.740. The van der Waals surface area contributed by atoms with Crippen molar-refractivity contribution in [2.45, 2.75) is 65.2 Å². The van der Waals surface area contributed by atoms with Gasteiger partial charge in [-0.15, -0.1) is 11.3 Å². The number of aryl methyl sites for hydroxylation is 1. The summed E-state index contributed by atoms with van der Waals surface area (Å²) < 4.78 is 0. The fraction of sp³-hybridized carbons (Fsp3) is 0.667. The number of hydrogen-bond acceptors (Lipinski definition) is 3. The van der Waals surface area contributed by atoms with Crippen LogP contribution in [0.2, 0.25) is 0 Å². The van der Waals surface area contributed by atoms with E-state index < -0.39 is 5.97 Å². The number of carbonyl (C=O) groups excluding carboxylic acids is 1. The van der Waals surface area contributed by atoms with Crippen LogP contribution in [0, 0.1) is 11.8 Å². The topological polar surface area (TPSA) is 66.4 Å². The number of carboxylic acids is 1. The molecular weight excluding hydrogens is 310 g/mol. The van der Waals surface area contributed by atoms with E-state index in [1.165, 1.54) is 30.6 Å². The largest absolute Gasteiger partial charge is 0.478 e. The molecule has 1 aromatic heterocycles. The number of amides is 1. The Bertz CT molecular complexity index is 544. The van der Waals surface area contributed by atoms with Gasteiger partial charge in [0, 0.05) is 10.8 Å². The predicted octanol–water partition coefficient (Wildman–Crippen LogP) is 4.94. The number of carboxylic acid groups (broad SMARTS) is 1. The first-order valence-corrected chi connectivity index (χ1v) is 9.53. The molecule has 1 heterocycles. The fourth-order valence-electron chi connectivity index (χ4n) is 3.29. The minimum absolute atomic E-state index is 0.00838. The Morgan fingerprint density at radius 1 is 1.26 bits per heavy atom. The summed E-state index contributed by atoms with van der Waals surface area (Å²) in [5, 5.41) is 12.6. The molecule has 0 bridgehead atoms. The molecule has 2 rings (SSSR count). The minimum Gasteiger partial charge on any atom is -0.478 e. The van der Waals surface area contributed by atoms with Crippen LogP contribution in [0.4, 0.5) is 5.00 Å². The van der Waals surface area contributed by atoms with Crippen molar-refractivity contribution in [3.63, 3.8) is 0 Å². The third-order valence-electron chi connectivity index (χ3n) is 4.78. The molecule has 4 nitrogen and oxygen atoms in total. The van der Waals surface area contributed by atoms with Crippen LogP contribution < -0.4 is 5.32 Å². The number of rotatable bonds is 7. The van der Waals surface area contributed by atoms with Crippen molar-refractivity contribution >= 4 is 28.2 Å². The molecule has 0 atom stereocenters. The highest BCUT2D eigenvalue weighted by Crippen LogP contribution is 2.34. The molecule has 1 fully saturated rings. The Labute approximate surface area is 142 Å². The van der Waals surface area contributed by atoms with Crippen molar-refractivity contribution in [1.29, 1.82) is 0 Å². The lowest BCUT2D eigenvalue weighted by Gasteiger charge is -2.27. The Hall–Kier alpha value is -1.36. The zero-order valence-corrected chi connectivity index (χ0v) is 14.9. The molecule has 23 heavy (non-hydrogen) atoms. The molecule has 1 saturated carbocycles. The third kappa shape index (κ3) is 4.80. The van der Waals surface area contributed by atoms with Gasteiger partial charge < -0.3 is 10.4 Å². The Kier molecular flexibility index (Phi) is 6.63. The molecule has 5 heteroatoms. The van der Waals surface area contributed by atoms with Crippen molar-refractivity contribution in [1.82, 2.24) is 0 Å². The van der Waals surface area contributed by atoms with Gasteiger partial charge in [0.2, 0.25) is 5.91 Å². The molecule has 0 radical (unpaired) electrons. The minimum atomic E-state index is -0.973. The molecule has 128 valence electrons. The first kappa shape index (κ1) is 18.0. The summed E-state index contributed by atoms with van der Waals surface area (Å²) in [4.78, 5) is 24.8. The van der Waals surface area contributed by atoms with E-state index in [0.717, 1.165) is 42.9 Å². The summed E-state index contributed by atoms with van der Waals surface area (Å²) in [7, 11) is 0. The maximum absolute atomic E-state index is 12.5. The standard InChI is InChI=1S/C18H27NO3S/c1-3-5-6-12-7-9-13(10-8-12)16(20)19-17-15(18(21)22)11-14(4-2)23-17/h11-13H,3-10H2,1-2H3,(H,19,20)(H,21,22). The van der Waals surface area contributed by atoms with E-state index in [4.69, 9.17) is 0 Å². The van der Waals surface area contributed by atoms with Crippen molar-refractivity contribution < 1.29 is 14.7 Å². The monoisotopic (exact) mass is 337 g/mol. The number of aromatic carboxylic acids is 1. The summed E-state index contributed by atoms with van der Waals surface area (Å²) in [6.45, 7) is 4.20. The molecule has 1 aromatic rings. The van der Waals surface area contributed by atoms with E-state index in [1.54, 1.807) is 6.07 Å². The van der Waals surface area contributed by atoms with E-state index in [0.29, 0.717) is 5.00 Å². The number of hydrogen-bond donors (Lipinski definition) is 2. The number of nitrogens with one attached hydrogen (secondary N) is 1. The molecule has 0 spiro atoms. The fourth-order valence-corrected chi connectivity index (χ4v) is 4.28. The molecule has 0 aliphatic heterocycles. The van der Waals surface area contributed by atoms with Crippen LogP contribution >= 0.6 is 11.3 Å². The predicted molar refractivity (Wildman–Crippen MR) is 94.3 cm³/mol. The lowest BCUT2D eigenvalue weighted by Crippen LogP contribution is -2.27. The first-order valence-electron chi connectivity index (χ1n) is 8.72. The highest BCUT2D eigenvalue weighted by Gasteiger charge is 2.27. The van der Waals surface area contributed by atoms with Crippen LogP contribution in [0.25, 0.3) is 0 Å². The second-order valence-corrected chi connectivity index (χ2v) is 7.60. The molecule has 0 aromatic carbocycles. The van der Waals surface area contributed by atoms with Gasteiger partial charge in [0.25, 0.3) is 0 Å². The zero-order valence-electron chi connectivity index (χ0n) is 14.1. The molecule has 2 N–H and O–H groups in total. The van der Waals surface area contributed by atoms with Gasteiger partial charge in [0.1, 0.15) is 5.00 Å². The van der Waals surface area contributed by atoms with E-state index in [-0.39, 0.29) is 17.4 Å². The highest BCUT2D eigenvalue weighted by atomic mass is 32.1. The van der Waals surface area contributed by atoms with Crippen LogP contribution in [-0.2, 0) is 11.2 Å².